The summed E-state index contributed by atoms with van der Waals surface area (Å²) >= 11 is 0. The number of likely N-dealkylation sites (tertiary alicyclic amines) is 1. The maximum atomic E-state index is 13.1. The number of pyridine rings is 1. The third-order valence-electron chi connectivity index (χ3n) is 7.19. The second-order valence-electron chi connectivity index (χ2n) is 9.07. The molecule has 1 aliphatic carbocycles. The number of fused-ring (bicyclic) bond motifs is 1. The van der Waals surface area contributed by atoms with E-state index in [2.05, 4.69) is 4.98 Å². The Kier molecular flexibility index (Phi) is 6.35. The molecule has 0 radical (unpaired) electrons. The summed E-state index contributed by atoms with van der Waals surface area (Å²) in [7, 11) is -3.95. The van der Waals surface area contributed by atoms with E-state index in [1.807, 2.05) is 0 Å². The number of nitrogens with zero attached hydrogens (tertiary/aromatic N) is 3. The fourth-order valence-electron chi connectivity index (χ4n) is 5.62. The number of Topliss-reactive ketones (excluding diaryl/α,β-unsaturated/α-hetero) is 1. The summed E-state index contributed by atoms with van der Waals surface area (Å²) in [6.45, 7) is -0.326. The van der Waals surface area contributed by atoms with Crippen molar-refractivity contribution < 1.29 is 22.8 Å². The Hall–Kier alpha value is -2.33. The molecule has 2 amide bonds. The fourth-order valence-corrected chi connectivity index (χ4v) is 7.29. The van der Waals surface area contributed by atoms with E-state index in [1.54, 1.807) is 18.2 Å². The van der Waals surface area contributed by atoms with Gasteiger partial charge in [-0.05, 0) is 30.9 Å². The summed E-state index contributed by atoms with van der Waals surface area (Å²) in [5.41, 5.74) is 4.13. The Morgan fingerprint density at radius 1 is 1.16 bits per heavy atom. The summed E-state index contributed by atoms with van der Waals surface area (Å²) in [5.74, 6) is -1.78. The van der Waals surface area contributed by atoms with Crippen LogP contribution in [0.15, 0.2) is 24.4 Å². The molecule has 3 aliphatic rings. The summed E-state index contributed by atoms with van der Waals surface area (Å²) in [6.07, 6.45) is 8.38. The number of primary amides is 1. The summed E-state index contributed by atoms with van der Waals surface area (Å²) < 4.78 is 27.3. The van der Waals surface area contributed by atoms with Crippen molar-refractivity contribution in [2.24, 2.45) is 11.7 Å². The van der Waals surface area contributed by atoms with Crippen molar-refractivity contribution in [2.75, 3.05) is 13.1 Å². The number of hydrogen-bond donors (Lipinski definition) is 1. The van der Waals surface area contributed by atoms with Gasteiger partial charge in [0.1, 0.15) is 5.75 Å². The van der Waals surface area contributed by atoms with Gasteiger partial charge >= 0.3 is 0 Å². The highest BCUT2D eigenvalue weighted by Crippen LogP contribution is 2.42. The maximum absolute atomic E-state index is 13.1. The van der Waals surface area contributed by atoms with Crippen LogP contribution in [0.1, 0.15) is 57.1 Å². The average molecular weight is 463 g/mol. The Labute approximate surface area is 188 Å². The second-order valence-corrected chi connectivity index (χ2v) is 11.0. The Morgan fingerprint density at radius 2 is 1.91 bits per heavy atom. The average Bonchev–Trinajstić information content (AvgIpc) is 3.31. The lowest BCUT2D eigenvalue weighted by Gasteiger charge is -2.35. The SMILES string of the molecule is NC(=O)C12C(=O)CN(S(=O)(=O)Cc3ccccn3)C1CCN2C(=O)CCC1CCCCC1. The minimum atomic E-state index is -3.95. The summed E-state index contributed by atoms with van der Waals surface area (Å²) in [6, 6.07) is 3.98. The van der Waals surface area contributed by atoms with Gasteiger partial charge in [-0.2, -0.15) is 4.31 Å². The number of carbonyl (C=O) groups is 3. The van der Waals surface area contributed by atoms with Crippen LogP contribution in [-0.4, -0.2) is 64.9 Å². The molecule has 1 aromatic rings. The molecule has 1 aromatic heterocycles. The molecule has 0 spiro atoms. The van der Waals surface area contributed by atoms with Crippen molar-refractivity contribution in [3.63, 3.8) is 0 Å². The predicted molar refractivity (Wildman–Crippen MR) is 116 cm³/mol. The number of ketones is 1. The third kappa shape index (κ3) is 3.94. The minimum absolute atomic E-state index is 0.137. The molecule has 10 heteroatoms. The number of aromatic nitrogens is 1. The molecule has 3 heterocycles. The molecule has 2 N–H and O–H groups in total. The lowest BCUT2D eigenvalue weighted by Crippen LogP contribution is -2.64. The van der Waals surface area contributed by atoms with Crippen molar-refractivity contribution in [2.45, 2.75) is 68.7 Å². The lowest BCUT2D eigenvalue weighted by molar-refractivity contribution is -0.149. The molecule has 0 aromatic carbocycles. The van der Waals surface area contributed by atoms with Crippen LogP contribution in [0.3, 0.4) is 0 Å². The number of rotatable bonds is 7. The van der Waals surface area contributed by atoms with E-state index in [1.165, 1.54) is 17.5 Å². The van der Waals surface area contributed by atoms with Gasteiger partial charge in [0.25, 0.3) is 5.91 Å². The van der Waals surface area contributed by atoms with Crippen LogP contribution in [0.4, 0.5) is 0 Å². The first-order chi connectivity index (χ1) is 15.3. The normalized spacial score (nSPS) is 26.9. The molecule has 4 rings (SSSR count). The molecule has 9 nitrogen and oxygen atoms in total. The van der Waals surface area contributed by atoms with Crippen LogP contribution in [-0.2, 0) is 30.2 Å². The highest BCUT2D eigenvalue weighted by molar-refractivity contribution is 7.88. The number of nitrogens with two attached hydrogens (primary N) is 1. The number of sulfonamides is 1. The maximum Gasteiger partial charge on any atom is 0.252 e. The van der Waals surface area contributed by atoms with Crippen molar-refractivity contribution in [3.05, 3.63) is 30.1 Å². The molecule has 2 saturated heterocycles. The molecule has 3 fully saturated rings. The van der Waals surface area contributed by atoms with Crippen LogP contribution in [0.5, 0.6) is 0 Å². The van der Waals surface area contributed by atoms with E-state index < -0.39 is 39.8 Å². The number of hydrogen-bond acceptors (Lipinski definition) is 6. The standard InChI is InChI=1S/C22H30N4O5S/c23-21(29)22-18(11-13-25(22)20(28)10-9-16-6-2-1-3-7-16)26(14-19(22)27)32(30,31)15-17-8-4-5-12-24-17/h4-5,8,12,16,18H,1-3,6-7,9-11,13-15H2,(H2,23,29). The number of carbonyl (C=O) groups excluding carboxylic acids is 3. The first-order valence-electron chi connectivity index (χ1n) is 11.3. The van der Waals surface area contributed by atoms with Crippen LogP contribution < -0.4 is 5.73 Å². The molecule has 0 bridgehead atoms. The monoisotopic (exact) mass is 462 g/mol. The van der Waals surface area contributed by atoms with Gasteiger partial charge in [0.2, 0.25) is 15.9 Å². The molecule has 2 unspecified atom stereocenters. The highest BCUT2D eigenvalue weighted by atomic mass is 32.2. The van der Waals surface area contributed by atoms with Crippen LogP contribution in [0, 0.1) is 5.92 Å². The molecule has 2 aliphatic heterocycles. The largest absolute Gasteiger partial charge is 0.367 e. The second kappa shape index (κ2) is 8.90. The highest BCUT2D eigenvalue weighted by Gasteiger charge is 2.68. The zero-order valence-electron chi connectivity index (χ0n) is 18.1. The zero-order valence-corrected chi connectivity index (χ0v) is 18.9. The molecular weight excluding hydrogens is 432 g/mol. The summed E-state index contributed by atoms with van der Waals surface area (Å²) in [5, 5.41) is 0. The number of amides is 2. The van der Waals surface area contributed by atoms with E-state index in [9.17, 15) is 22.8 Å². The van der Waals surface area contributed by atoms with Crippen LogP contribution in [0.25, 0.3) is 0 Å². The zero-order chi connectivity index (χ0) is 22.9. The predicted octanol–water partition coefficient (Wildman–Crippen LogP) is 0.982. The Balaban J connectivity index is 1.55. The molecule has 1 saturated carbocycles. The minimum Gasteiger partial charge on any atom is -0.367 e. The first-order valence-corrected chi connectivity index (χ1v) is 12.9. The van der Waals surface area contributed by atoms with E-state index in [0.29, 0.717) is 18.0 Å². The van der Waals surface area contributed by atoms with Gasteiger partial charge in [-0.25, -0.2) is 8.42 Å². The third-order valence-corrected chi connectivity index (χ3v) is 8.95. The van der Waals surface area contributed by atoms with Gasteiger partial charge in [-0.3, -0.25) is 19.4 Å². The van der Waals surface area contributed by atoms with Crippen LogP contribution in [0.2, 0.25) is 0 Å². The van der Waals surface area contributed by atoms with Gasteiger partial charge in [0.15, 0.2) is 11.3 Å². The topological polar surface area (TPSA) is 131 Å². The van der Waals surface area contributed by atoms with Crippen LogP contribution >= 0.6 is 0 Å². The van der Waals surface area contributed by atoms with Crippen molar-refractivity contribution in [1.29, 1.82) is 0 Å². The Morgan fingerprint density at radius 3 is 2.56 bits per heavy atom. The van der Waals surface area contributed by atoms with Gasteiger partial charge < -0.3 is 10.6 Å². The lowest BCUT2D eigenvalue weighted by atomic mass is 9.85. The van der Waals surface area contributed by atoms with Gasteiger partial charge in [0.05, 0.1) is 18.3 Å². The van der Waals surface area contributed by atoms with E-state index in [0.717, 1.165) is 30.0 Å². The molecule has 2 atom stereocenters. The van der Waals surface area contributed by atoms with E-state index in [-0.39, 0.29) is 31.0 Å². The van der Waals surface area contributed by atoms with Crippen molar-refractivity contribution in [3.8, 4) is 0 Å². The van der Waals surface area contributed by atoms with Gasteiger partial charge in [0, 0.05) is 19.2 Å². The van der Waals surface area contributed by atoms with Crippen molar-refractivity contribution in [1.82, 2.24) is 14.2 Å². The van der Waals surface area contributed by atoms with E-state index in [4.69, 9.17) is 5.73 Å². The summed E-state index contributed by atoms with van der Waals surface area (Å²) in [4.78, 5) is 44.2. The molecular formula is C22H30N4O5S. The smallest absolute Gasteiger partial charge is 0.252 e. The van der Waals surface area contributed by atoms with Crippen molar-refractivity contribution >= 4 is 27.6 Å². The molecule has 174 valence electrons. The van der Waals surface area contributed by atoms with Gasteiger partial charge in [-0.1, -0.05) is 38.2 Å². The quantitative estimate of drug-likeness (QED) is 0.601. The Bertz CT molecular complexity index is 993. The van der Waals surface area contributed by atoms with Gasteiger partial charge in [-0.15, -0.1) is 0 Å². The first kappa shape index (κ1) is 22.8. The fraction of sp³-hybridized carbons (Fsp3) is 0.636. The molecule has 32 heavy (non-hydrogen) atoms. The van der Waals surface area contributed by atoms with E-state index >= 15 is 0 Å².